The molecule has 0 radical (unpaired) electrons. The van der Waals surface area contributed by atoms with Crippen molar-refractivity contribution in [1.29, 1.82) is 5.26 Å². The van der Waals surface area contributed by atoms with E-state index in [1.165, 1.54) is 7.11 Å². The van der Waals surface area contributed by atoms with Crippen molar-refractivity contribution in [3.05, 3.63) is 0 Å². The lowest BCUT2D eigenvalue weighted by Gasteiger charge is -2.11. The SMILES string of the molecule is COC(=O)C(C)NCC(C)C#N. The van der Waals surface area contributed by atoms with E-state index in [0.717, 1.165) is 0 Å². The van der Waals surface area contributed by atoms with Crippen molar-refractivity contribution in [1.82, 2.24) is 5.32 Å². The van der Waals surface area contributed by atoms with Crippen LogP contribution in [0.25, 0.3) is 0 Å². The lowest BCUT2D eigenvalue weighted by Crippen LogP contribution is -2.37. The van der Waals surface area contributed by atoms with Gasteiger partial charge in [0.1, 0.15) is 6.04 Å². The Hall–Kier alpha value is -1.08. The van der Waals surface area contributed by atoms with Gasteiger partial charge < -0.3 is 10.1 Å². The van der Waals surface area contributed by atoms with Crippen LogP contribution in [0.3, 0.4) is 0 Å². The summed E-state index contributed by atoms with van der Waals surface area (Å²) in [5.41, 5.74) is 0. The molecule has 4 nitrogen and oxygen atoms in total. The Morgan fingerprint density at radius 1 is 1.67 bits per heavy atom. The van der Waals surface area contributed by atoms with E-state index in [-0.39, 0.29) is 17.9 Å². The van der Waals surface area contributed by atoms with E-state index >= 15 is 0 Å². The van der Waals surface area contributed by atoms with E-state index in [9.17, 15) is 4.79 Å². The Balaban J connectivity index is 3.65. The lowest BCUT2D eigenvalue weighted by molar-refractivity contribution is -0.142. The molecule has 1 N–H and O–H groups in total. The molecule has 4 heteroatoms. The maximum absolute atomic E-state index is 10.8. The fourth-order valence-corrected chi connectivity index (χ4v) is 0.659. The third-order valence-electron chi connectivity index (χ3n) is 1.51. The molecule has 0 rings (SSSR count). The van der Waals surface area contributed by atoms with Gasteiger partial charge in [0.25, 0.3) is 0 Å². The van der Waals surface area contributed by atoms with Crippen LogP contribution in [-0.2, 0) is 9.53 Å². The fourth-order valence-electron chi connectivity index (χ4n) is 0.659. The monoisotopic (exact) mass is 170 g/mol. The molecule has 0 aliphatic heterocycles. The van der Waals surface area contributed by atoms with Crippen LogP contribution in [0.15, 0.2) is 0 Å². The Morgan fingerprint density at radius 2 is 2.25 bits per heavy atom. The highest BCUT2D eigenvalue weighted by atomic mass is 16.5. The molecule has 0 amide bonds. The van der Waals surface area contributed by atoms with Crippen LogP contribution < -0.4 is 5.32 Å². The van der Waals surface area contributed by atoms with Crippen molar-refractivity contribution in [2.24, 2.45) is 5.92 Å². The first-order valence-electron chi connectivity index (χ1n) is 3.82. The average Bonchev–Trinajstić information content (AvgIpc) is 2.11. The van der Waals surface area contributed by atoms with Crippen LogP contribution in [0.1, 0.15) is 13.8 Å². The largest absolute Gasteiger partial charge is 0.468 e. The van der Waals surface area contributed by atoms with Gasteiger partial charge in [0.2, 0.25) is 0 Å². The highest BCUT2D eigenvalue weighted by molar-refractivity contribution is 5.75. The molecule has 0 aliphatic rings. The summed E-state index contributed by atoms with van der Waals surface area (Å²) >= 11 is 0. The number of hydrogen-bond donors (Lipinski definition) is 1. The minimum Gasteiger partial charge on any atom is -0.468 e. The van der Waals surface area contributed by atoms with Gasteiger partial charge in [-0.15, -0.1) is 0 Å². The zero-order valence-corrected chi connectivity index (χ0v) is 7.63. The molecule has 0 saturated heterocycles. The summed E-state index contributed by atoms with van der Waals surface area (Å²) in [5.74, 6) is -0.391. The average molecular weight is 170 g/mol. The summed E-state index contributed by atoms with van der Waals surface area (Å²) in [4.78, 5) is 10.8. The Labute approximate surface area is 72.5 Å². The van der Waals surface area contributed by atoms with E-state index in [2.05, 4.69) is 16.1 Å². The van der Waals surface area contributed by atoms with Gasteiger partial charge in [-0.1, -0.05) is 0 Å². The van der Waals surface area contributed by atoms with Crippen LogP contribution in [-0.4, -0.2) is 25.7 Å². The maximum Gasteiger partial charge on any atom is 0.322 e. The minimum atomic E-state index is -0.342. The van der Waals surface area contributed by atoms with Crippen molar-refractivity contribution in [2.75, 3.05) is 13.7 Å². The molecule has 0 aromatic heterocycles. The van der Waals surface area contributed by atoms with E-state index in [1.807, 2.05) is 0 Å². The summed E-state index contributed by atoms with van der Waals surface area (Å²) in [5, 5.41) is 11.3. The van der Waals surface area contributed by atoms with Crippen molar-refractivity contribution in [3.63, 3.8) is 0 Å². The predicted molar refractivity (Wildman–Crippen MR) is 44.3 cm³/mol. The first-order chi connectivity index (χ1) is 5.61. The van der Waals surface area contributed by atoms with Gasteiger partial charge in [0, 0.05) is 6.54 Å². The molecule has 68 valence electrons. The summed E-state index contributed by atoms with van der Waals surface area (Å²) in [6.07, 6.45) is 0. The molecule has 0 aromatic rings. The standard InChI is InChI=1S/C8H14N2O2/c1-6(4-9)5-10-7(2)8(11)12-3/h6-7,10H,5H2,1-3H3. The van der Waals surface area contributed by atoms with Crippen LogP contribution in [0.5, 0.6) is 0 Å². The van der Waals surface area contributed by atoms with Gasteiger partial charge in [0.05, 0.1) is 19.1 Å². The number of methoxy groups -OCH3 is 1. The van der Waals surface area contributed by atoms with Gasteiger partial charge in [-0.2, -0.15) is 5.26 Å². The Bertz CT molecular complexity index is 186. The van der Waals surface area contributed by atoms with Crippen LogP contribution in [0.2, 0.25) is 0 Å². The molecule has 0 spiro atoms. The number of nitrogens with one attached hydrogen (secondary N) is 1. The second kappa shape index (κ2) is 5.56. The molecule has 0 fully saturated rings. The molecule has 0 saturated carbocycles. The normalized spacial score (nSPS) is 14.5. The van der Waals surface area contributed by atoms with Gasteiger partial charge >= 0.3 is 5.97 Å². The summed E-state index contributed by atoms with van der Waals surface area (Å²) < 4.78 is 4.49. The van der Waals surface area contributed by atoms with Crippen molar-refractivity contribution >= 4 is 5.97 Å². The van der Waals surface area contributed by atoms with Crippen LogP contribution in [0.4, 0.5) is 0 Å². The Morgan fingerprint density at radius 3 is 2.67 bits per heavy atom. The van der Waals surface area contributed by atoms with Crippen LogP contribution in [0, 0.1) is 17.2 Å². The molecule has 0 aliphatic carbocycles. The number of ether oxygens (including phenoxy) is 1. The highest BCUT2D eigenvalue weighted by Gasteiger charge is 2.12. The molecule has 0 bridgehead atoms. The first kappa shape index (κ1) is 10.9. The number of rotatable bonds is 4. The van der Waals surface area contributed by atoms with E-state index in [4.69, 9.17) is 5.26 Å². The zero-order chi connectivity index (χ0) is 9.56. The highest BCUT2D eigenvalue weighted by Crippen LogP contribution is 1.91. The third kappa shape index (κ3) is 3.94. The number of nitriles is 1. The predicted octanol–water partition coefficient (Wildman–Crippen LogP) is 0.297. The fraction of sp³-hybridized carbons (Fsp3) is 0.750. The number of carbonyl (C=O) groups is 1. The van der Waals surface area contributed by atoms with Crippen molar-refractivity contribution in [2.45, 2.75) is 19.9 Å². The van der Waals surface area contributed by atoms with Crippen LogP contribution >= 0.6 is 0 Å². The summed E-state index contributed by atoms with van der Waals surface area (Å²) in [6.45, 7) is 4.00. The second-order valence-electron chi connectivity index (χ2n) is 2.68. The maximum atomic E-state index is 10.8. The van der Waals surface area contributed by atoms with Gasteiger partial charge in [-0.25, -0.2) is 0 Å². The number of nitrogens with zero attached hydrogens (tertiary/aromatic N) is 1. The van der Waals surface area contributed by atoms with Crippen molar-refractivity contribution < 1.29 is 9.53 Å². The third-order valence-corrected chi connectivity index (χ3v) is 1.51. The van der Waals surface area contributed by atoms with Gasteiger partial charge in [0.15, 0.2) is 0 Å². The summed E-state index contributed by atoms with van der Waals surface area (Å²) in [6, 6.07) is 1.72. The lowest BCUT2D eigenvalue weighted by atomic mass is 10.2. The number of carbonyl (C=O) groups excluding carboxylic acids is 1. The summed E-state index contributed by atoms with van der Waals surface area (Å²) in [7, 11) is 1.34. The molecular formula is C8H14N2O2. The topological polar surface area (TPSA) is 62.1 Å². The molecule has 2 atom stereocenters. The minimum absolute atomic E-state index is 0.0860. The quantitative estimate of drug-likeness (QED) is 0.616. The number of esters is 1. The zero-order valence-electron chi connectivity index (χ0n) is 7.63. The molecule has 2 unspecified atom stereocenters. The van der Waals surface area contributed by atoms with E-state index < -0.39 is 0 Å². The smallest absolute Gasteiger partial charge is 0.322 e. The molecule has 12 heavy (non-hydrogen) atoms. The molecule has 0 heterocycles. The van der Waals surface area contributed by atoms with E-state index in [1.54, 1.807) is 13.8 Å². The second-order valence-corrected chi connectivity index (χ2v) is 2.68. The first-order valence-corrected chi connectivity index (χ1v) is 3.82. The van der Waals surface area contributed by atoms with Gasteiger partial charge in [-0.05, 0) is 13.8 Å². The van der Waals surface area contributed by atoms with E-state index in [0.29, 0.717) is 6.54 Å². The molecule has 0 aromatic carbocycles. The molecular weight excluding hydrogens is 156 g/mol. The number of hydrogen-bond acceptors (Lipinski definition) is 4. The van der Waals surface area contributed by atoms with Crippen molar-refractivity contribution in [3.8, 4) is 6.07 Å². The Kier molecular flexibility index (Phi) is 5.06. The van der Waals surface area contributed by atoms with Gasteiger partial charge in [-0.3, -0.25) is 4.79 Å².